The molecule has 0 spiro atoms. The van der Waals surface area contributed by atoms with E-state index in [1.807, 2.05) is 24.3 Å². The largest absolute Gasteiger partial charge is 0.496 e. The summed E-state index contributed by atoms with van der Waals surface area (Å²) in [5, 5.41) is 20.3. The van der Waals surface area contributed by atoms with Crippen LogP contribution in [0.1, 0.15) is 17.0 Å². The van der Waals surface area contributed by atoms with Crippen molar-refractivity contribution in [2.75, 3.05) is 20.3 Å². The van der Waals surface area contributed by atoms with Crippen LogP contribution < -0.4 is 4.74 Å². The van der Waals surface area contributed by atoms with Gasteiger partial charge in [0.2, 0.25) is 0 Å². The highest BCUT2D eigenvalue weighted by atomic mass is 19.1. The zero-order chi connectivity index (χ0) is 17.1. The maximum Gasteiger partial charge on any atom is 0.123 e. The number of halogens is 1. The summed E-state index contributed by atoms with van der Waals surface area (Å²) < 4.78 is 18.5. The van der Waals surface area contributed by atoms with E-state index in [0.717, 1.165) is 16.9 Å². The van der Waals surface area contributed by atoms with Gasteiger partial charge in [0.05, 0.1) is 25.9 Å². The van der Waals surface area contributed by atoms with Crippen molar-refractivity contribution in [2.45, 2.75) is 24.6 Å². The lowest BCUT2D eigenvalue weighted by atomic mass is 9.94. The molecule has 0 aromatic heterocycles. The first-order chi connectivity index (χ1) is 11.6. The quantitative estimate of drug-likeness (QED) is 0.882. The summed E-state index contributed by atoms with van der Waals surface area (Å²) in [5.41, 5.74) is 1.88. The topological polar surface area (TPSA) is 52.9 Å². The highest BCUT2D eigenvalue weighted by Gasteiger charge is 2.41. The number of aliphatic hydroxyl groups excluding tert-OH is 2. The first-order valence-electron chi connectivity index (χ1n) is 8.04. The van der Waals surface area contributed by atoms with E-state index in [9.17, 15) is 14.6 Å². The molecule has 0 bridgehead atoms. The lowest BCUT2D eigenvalue weighted by molar-refractivity contribution is 0.0638. The molecule has 4 nitrogen and oxygen atoms in total. The first-order valence-corrected chi connectivity index (χ1v) is 8.04. The van der Waals surface area contributed by atoms with Crippen LogP contribution in [0.15, 0.2) is 48.5 Å². The SMILES string of the molecule is COc1ccccc1CN1C[C@H](c2ccc(F)cc2)[C@@H](O)[C@H]1CO. The van der Waals surface area contributed by atoms with Gasteiger partial charge in [0.1, 0.15) is 11.6 Å². The van der Waals surface area contributed by atoms with Crippen LogP contribution in [0.25, 0.3) is 0 Å². The minimum atomic E-state index is -0.699. The Morgan fingerprint density at radius 2 is 1.88 bits per heavy atom. The molecule has 1 fully saturated rings. The van der Waals surface area contributed by atoms with Crippen molar-refractivity contribution in [3.63, 3.8) is 0 Å². The summed E-state index contributed by atoms with van der Waals surface area (Å²) in [6.45, 7) is 1.04. The zero-order valence-corrected chi connectivity index (χ0v) is 13.6. The lowest BCUT2D eigenvalue weighted by Gasteiger charge is -2.24. The Labute approximate surface area is 141 Å². The van der Waals surface area contributed by atoms with Crippen molar-refractivity contribution in [3.8, 4) is 5.75 Å². The second-order valence-electron chi connectivity index (χ2n) is 6.14. The molecule has 0 aliphatic carbocycles. The maximum atomic E-state index is 13.1. The van der Waals surface area contributed by atoms with Crippen LogP contribution >= 0.6 is 0 Å². The average Bonchev–Trinajstić information content (AvgIpc) is 2.91. The average molecular weight is 331 g/mol. The van der Waals surface area contributed by atoms with Gasteiger partial charge in [-0.25, -0.2) is 4.39 Å². The number of rotatable bonds is 5. The molecule has 3 atom stereocenters. The van der Waals surface area contributed by atoms with Gasteiger partial charge in [-0.2, -0.15) is 0 Å². The molecule has 1 aliphatic heterocycles. The van der Waals surface area contributed by atoms with Gasteiger partial charge in [0, 0.05) is 24.6 Å². The molecule has 0 amide bonds. The van der Waals surface area contributed by atoms with Gasteiger partial charge < -0.3 is 14.9 Å². The molecular formula is C19H22FNO3. The summed E-state index contributed by atoms with van der Waals surface area (Å²) in [5.74, 6) is 0.335. The van der Waals surface area contributed by atoms with E-state index in [0.29, 0.717) is 13.1 Å². The third kappa shape index (κ3) is 3.29. The van der Waals surface area contributed by atoms with Gasteiger partial charge in [-0.15, -0.1) is 0 Å². The fourth-order valence-corrected chi connectivity index (χ4v) is 3.45. The number of ether oxygens (including phenoxy) is 1. The van der Waals surface area contributed by atoms with Crippen molar-refractivity contribution >= 4 is 0 Å². The summed E-state index contributed by atoms with van der Waals surface area (Å²) in [7, 11) is 1.63. The molecule has 1 aliphatic rings. The van der Waals surface area contributed by atoms with E-state index in [-0.39, 0.29) is 24.4 Å². The van der Waals surface area contributed by atoms with Gasteiger partial charge in [0.15, 0.2) is 0 Å². The predicted octanol–water partition coefficient (Wildman–Crippen LogP) is 2.16. The number of hydrogen-bond acceptors (Lipinski definition) is 4. The number of likely N-dealkylation sites (tertiary alicyclic amines) is 1. The van der Waals surface area contributed by atoms with E-state index in [1.165, 1.54) is 12.1 Å². The number of benzene rings is 2. The van der Waals surface area contributed by atoms with Gasteiger partial charge >= 0.3 is 0 Å². The molecule has 1 heterocycles. The molecule has 3 rings (SSSR count). The molecule has 0 saturated carbocycles. The Morgan fingerprint density at radius 3 is 2.54 bits per heavy atom. The minimum absolute atomic E-state index is 0.131. The standard InChI is InChI=1S/C19H22FNO3/c1-24-18-5-3-2-4-14(18)10-21-11-16(19(23)17(21)12-22)13-6-8-15(20)9-7-13/h2-9,16-17,19,22-23H,10-12H2,1H3/t16-,17-,19-/m1/s1. The monoisotopic (exact) mass is 331 g/mol. The number of aliphatic hydroxyl groups is 2. The molecule has 128 valence electrons. The number of hydrogen-bond donors (Lipinski definition) is 2. The van der Waals surface area contributed by atoms with Crippen molar-refractivity contribution < 1.29 is 19.3 Å². The fraction of sp³-hybridized carbons (Fsp3) is 0.368. The minimum Gasteiger partial charge on any atom is -0.496 e. The van der Waals surface area contributed by atoms with Crippen molar-refractivity contribution in [1.82, 2.24) is 4.90 Å². The van der Waals surface area contributed by atoms with Gasteiger partial charge in [-0.1, -0.05) is 30.3 Å². The van der Waals surface area contributed by atoms with E-state index < -0.39 is 6.10 Å². The summed E-state index contributed by atoms with van der Waals surface area (Å²) >= 11 is 0. The van der Waals surface area contributed by atoms with Crippen molar-refractivity contribution in [2.24, 2.45) is 0 Å². The van der Waals surface area contributed by atoms with Crippen LogP contribution in [0.3, 0.4) is 0 Å². The lowest BCUT2D eigenvalue weighted by Crippen LogP contribution is -2.38. The third-order valence-corrected chi connectivity index (χ3v) is 4.76. The Kier molecular flexibility index (Phi) is 5.14. The molecule has 0 unspecified atom stereocenters. The van der Waals surface area contributed by atoms with Crippen LogP contribution in [0.4, 0.5) is 4.39 Å². The van der Waals surface area contributed by atoms with Crippen molar-refractivity contribution in [3.05, 3.63) is 65.5 Å². The van der Waals surface area contributed by atoms with Gasteiger partial charge in [0.25, 0.3) is 0 Å². The highest BCUT2D eigenvalue weighted by Crippen LogP contribution is 2.34. The molecule has 2 N–H and O–H groups in total. The Bertz CT molecular complexity index is 677. The van der Waals surface area contributed by atoms with Crippen molar-refractivity contribution in [1.29, 1.82) is 0 Å². The second kappa shape index (κ2) is 7.30. The van der Waals surface area contributed by atoms with E-state index in [1.54, 1.807) is 19.2 Å². The van der Waals surface area contributed by atoms with E-state index in [2.05, 4.69) is 4.90 Å². The fourth-order valence-electron chi connectivity index (χ4n) is 3.45. The zero-order valence-electron chi connectivity index (χ0n) is 13.6. The molecule has 2 aromatic rings. The van der Waals surface area contributed by atoms with Gasteiger partial charge in [-0.05, 0) is 23.8 Å². The summed E-state index contributed by atoms with van der Waals surface area (Å²) in [4.78, 5) is 2.05. The van der Waals surface area contributed by atoms with Crippen LogP contribution in [0.5, 0.6) is 5.75 Å². The van der Waals surface area contributed by atoms with E-state index in [4.69, 9.17) is 4.74 Å². The molecule has 1 saturated heterocycles. The number of nitrogens with zero attached hydrogens (tertiary/aromatic N) is 1. The Hall–Kier alpha value is -1.95. The second-order valence-corrected chi connectivity index (χ2v) is 6.14. The normalized spacial score (nSPS) is 24.2. The maximum absolute atomic E-state index is 13.1. The molecule has 5 heteroatoms. The van der Waals surface area contributed by atoms with Crippen LogP contribution in [0, 0.1) is 5.82 Å². The Morgan fingerprint density at radius 1 is 1.17 bits per heavy atom. The predicted molar refractivity (Wildman–Crippen MR) is 89.4 cm³/mol. The van der Waals surface area contributed by atoms with Crippen LogP contribution in [0.2, 0.25) is 0 Å². The van der Waals surface area contributed by atoms with E-state index >= 15 is 0 Å². The summed E-state index contributed by atoms with van der Waals surface area (Å²) in [6.07, 6.45) is -0.699. The highest BCUT2D eigenvalue weighted by molar-refractivity contribution is 5.34. The molecule has 0 radical (unpaired) electrons. The van der Waals surface area contributed by atoms with Crippen LogP contribution in [-0.4, -0.2) is 47.5 Å². The first kappa shape index (κ1) is 16.9. The van der Waals surface area contributed by atoms with Gasteiger partial charge in [-0.3, -0.25) is 4.90 Å². The Balaban J connectivity index is 1.82. The smallest absolute Gasteiger partial charge is 0.123 e. The number of methoxy groups -OCH3 is 1. The summed E-state index contributed by atoms with van der Waals surface area (Å²) in [6, 6.07) is 13.6. The molecular weight excluding hydrogens is 309 g/mol. The van der Waals surface area contributed by atoms with Crippen LogP contribution in [-0.2, 0) is 6.54 Å². The number of para-hydroxylation sites is 1. The molecule has 24 heavy (non-hydrogen) atoms. The third-order valence-electron chi connectivity index (χ3n) is 4.76. The molecule has 2 aromatic carbocycles.